The number of hydrogen-bond donors (Lipinski definition) is 3. The number of carbonyl (C=O) groups is 1. The summed E-state index contributed by atoms with van der Waals surface area (Å²) in [7, 11) is -3.88. The highest BCUT2D eigenvalue weighted by Gasteiger charge is 2.30. The molecule has 1 atom stereocenters. The molecule has 0 saturated carbocycles. The second kappa shape index (κ2) is 5.94. The molecule has 0 aromatic carbocycles. The van der Waals surface area contributed by atoms with Gasteiger partial charge in [0.05, 0.1) is 12.1 Å². The van der Waals surface area contributed by atoms with Gasteiger partial charge in [-0.05, 0) is 26.3 Å². The van der Waals surface area contributed by atoms with E-state index in [0.717, 1.165) is 6.07 Å². The third kappa shape index (κ3) is 3.38. The van der Waals surface area contributed by atoms with E-state index in [0.29, 0.717) is 13.0 Å². The zero-order valence-corrected chi connectivity index (χ0v) is 12.6. The minimum Gasteiger partial charge on any atom is -0.477 e. The van der Waals surface area contributed by atoms with Crippen LogP contribution in [0.1, 0.15) is 37.7 Å². The van der Waals surface area contributed by atoms with Gasteiger partial charge in [0.25, 0.3) is 0 Å². The lowest BCUT2D eigenvalue weighted by molar-refractivity contribution is 0.0685. The summed E-state index contributed by atoms with van der Waals surface area (Å²) in [6, 6.07) is 1.11. The monoisotopic (exact) mass is 304 g/mol. The number of rotatable bonds is 7. The molecule has 0 aliphatic heterocycles. The average molecular weight is 304 g/mol. The molecule has 1 heterocycles. The number of carboxylic acid groups (broad SMARTS) is 1. The second-order valence-corrected chi connectivity index (χ2v) is 6.51. The number of hydrogen-bond acceptors (Lipinski definition) is 4. The zero-order valence-electron chi connectivity index (χ0n) is 11.8. The first-order chi connectivity index (χ1) is 9.19. The summed E-state index contributed by atoms with van der Waals surface area (Å²) < 4.78 is 28.2. The summed E-state index contributed by atoms with van der Waals surface area (Å²) in [5.41, 5.74) is -1.06. The zero-order chi connectivity index (χ0) is 15.6. The van der Waals surface area contributed by atoms with E-state index < -0.39 is 21.5 Å². The van der Waals surface area contributed by atoms with E-state index in [2.05, 4.69) is 4.72 Å². The molecule has 8 heteroatoms. The summed E-state index contributed by atoms with van der Waals surface area (Å²) in [5, 5.41) is 18.3. The van der Waals surface area contributed by atoms with Gasteiger partial charge in [-0.1, -0.05) is 6.92 Å². The fourth-order valence-electron chi connectivity index (χ4n) is 1.67. The maximum Gasteiger partial charge on any atom is 0.352 e. The number of aromatic nitrogens is 1. The average Bonchev–Trinajstić information content (AvgIpc) is 2.83. The second-order valence-electron chi connectivity index (χ2n) is 4.83. The summed E-state index contributed by atoms with van der Waals surface area (Å²) in [5.74, 6) is -1.19. The van der Waals surface area contributed by atoms with Gasteiger partial charge in [-0.2, -0.15) is 0 Å². The first kappa shape index (κ1) is 16.7. The minimum absolute atomic E-state index is 0.0879. The molecule has 1 aromatic rings. The van der Waals surface area contributed by atoms with Crippen LogP contribution < -0.4 is 4.72 Å². The van der Waals surface area contributed by atoms with E-state index in [1.54, 1.807) is 20.8 Å². The molecule has 3 N–H and O–H groups in total. The van der Waals surface area contributed by atoms with Crippen LogP contribution in [0.5, 0.6) is 0 Å². The molecule has 20 heavy (non-hydrogen) atoms. The Kier molecular flexibility index (Phi) is 4.95. The van der Waals surface area contributed by atoms with Gasteiger partial charge in [-0.25, -0.2) is 17.9 Å². The van der Waals surface area contributed by atoms with Crippen LogP contribution in [0.15, 0.2) is 17.2 Å². The third-order valence-electron chi connectivity index (χ3n) is 3.25. The van der Waals surface area contributed by atoms with E-state index in [1.807, 2.05) is 0 Å². The Labute approximate surface area is 118 Å². The Bertz CT molecular complexity index is 587. The van der Waals surface area contributed by atoms with Crippen LogP contribution >= 0.6 is 0 Å². The molecule has 0 amide bonds. The van der Waals surface area contributed by atoms with Gasteiger partial charge < -0.3 is 14.8 Å². The van der Waals surface area contributed by atoms with E-state index >= 15 is 0 Å². The number of aryl methyl sites for hydroxylation is 1. The first-order valence-electron chi connectivity index (χ1n) is 6.27. The quantitative estimate of drug-likeness (QED) is 0.685. The summed E-state index contributed by atoms with van der Waals surface area (Å²) in [6.07, 6.45) is 1.68. The normalized spacial score (nSPS) is 15.0. The Morgan fingerprint density at radius 2 is 2.05 bits per heavy atom. The molecule has 0 saturated heterocycles. The number of aliphatic hydroxyl groups is 1. The Morgan fingerprint density at radius 1 is 1.45 bits per heavy atom. The predicted octanol–water partition coefficient (Wildman–Crippen LogP) is 0.645. The number of nitrogens with zero attached hydrogens (tertiary/aromatic N) is 1. The van der Waals surface area contributed by atoms with E-state index in [4.69, 9.17) is 5.11 Å². The number of aromatic carboxylic acids is 1. The molecule has 1 unspecified atom stereocenters. The van der Waals surface area contributed by atoms with Crippen molar-refractivity contribution >= 4 is 16.0 Å². The SMILES string of the molecule is CCn1cc(S(=O)(=O)NC(C)(CC)CO)cc1C(=O)O. The van der Waals surface area contributed by atoms with Crippen molar-refractivity contribution < 1.29 is 23.4 Å². The minimum atomic E-state index is -3.88. The largest absolute Gasteiger partial charge is 0.477 e. The van der Waals surface area contributed by atoms with Crippen molar-refractivity contribution in [1.29, 1.82) is 0 Å². The lowest BCUT2D eigenvalue weighted by Gasteiger charge is -2.26. The first-order valence-corrected chi connectivity index (χ1v) is 7.75. The van der Waals surface area contributed by atoms with Crippen molar-refractivity contribution in [2.75, 3.05) is 6.61 Å². The molecular formula is C12H20N2O5S. The molecule has 0 aliphatic carbocycles. The fraction of sp³-hybridized carbons (Fsp3) is 0.583. The molecule has 0 fully saturated rings. The van der Waals surface area contributed by atoms with Crippen LogP contribution in [0.3, 0.4) is 0 Å². The van der Waals surface area contributed by atoms with Crippen LogP contribution in [0, 0.1) is 0 Å². The highest BCUT2D eigenvalue weighted by molar-refractivity contribution is 7.89. The predicted molar refractivity (Wildman–Crippen MR) is 73.2 cm³/mol. The van der Waals surface area contributed by atoms with Crippen molar-refractivity contribution in [3.05, 3.63) is 18.0 Å². The van der Waals surface area contributed by atoms with Crippen molar-refractivity contribution in [3.63, 3.8) is 0 Å². The van der Waals surface area contributed by atoms with Crippen LogP contribution in [0.25, 0.3) is 0 Å². The Balaban J connectivity index is 3.20. The lowest BCUT2D eigenvalue weighted by Crippen LogP contribution is -2.48. The van der Waals surface area contributed by atoms with Gasteiger partial charge in [0, 0.05) is 12.7 Å². The molecule has 0 aliphatic rings. The summed E-state index contributed by atoms with van der Waals surface area (Å²) in [6.45, 7) is 5.06. The molecule has 0 bridgehead atoms. The van der Waals surface area contributed by atoms with Gasteiger partial charge in [-0.3, -0.25) is 0 Å². The molecule has 114 valence electrons. The van der Waals surface area contributed by atoms with E-state index in [-0.39, 0.29) is 17.2 Å². The summed E-state index contributed by atoms with van der Waals surface area (Å²) in [4.78, 5) is 10.9. The van der Waals surface area contributed by atoms with Gasteiger partial charge in [-0.15, -0.1) is 0 Å². The van der Waals surface area contributed by atoms with Crippen LogP contribution in [0.4, 0.5) is 0 Å². The Hall–Kier alpha value is -1.38. The van der Waals surface area contributed by atoms with Gasteiger partial charge in [0.2, 0.25) is 10.0 Å². The Morgan fingerprint density at radius 3 is 2.40 bits per heavy atom. The fourth-order valence-corrected chi connectivity index (χ4v) is 3.18. The molecule has 7 nitrogen and oxygen atoms in total. The standard InChI is InChI=1S/C12H20N2O5S/c1-4-12(3,8-15)13-20(18,19)9-6-10(11(16)17)14(5-2)7-9/h6-7,13,15H,4-5,8H2,1-3H3,(H,16,17). The molecule has 1 rings (SSSR count). The number of nitrogens with one attached hydrogen (secondary N) is 1. The van der Waals surface area contributed by atoms with Gasteiger partial charge >= 0.3 is 5.97 Å². The smallest absolute Gasteiger partial charge is 0.352 e. The topological polar surface area (TPSA) is 109 Å². The molecule has 1 aromatic heterocycles. The van der Waals surface area contributed by atoms with Gasteiger partial charge in [0.1, 0.15) is 10.6 Å². The maximum absolute atomic E-state index is 12.2. The summed E-state index contributed by atoms with van der Waals surface area (Å²) >= 11 is 0. The highest BCUT2D eigenvalue weighted by Crippen LogP contribution is 2.18. The van der Waals surface area contributed by atoms with Gasteiger partial charge in [0.15, 0.2) is 0 Å². The van der Waals surface area contributed by atoms with Crippen LogP contribution in [-0.2, 0) is 16.6 Å². The molecular weight excluding hydrogens is 284 g/mol. The van der Waals surface area contributed by atoms with Crippen LogP contribution in [-0.4, -0.2) is 41.3 Å². The van der Waals surface area contributed by atoms with Crippen molar-refractivity contribution in [2.45, 2.75) is 44.2 Å². The number of carboxylic acids is 1. The van der Waals surface area contributed by atoms with Crippen LogP contribution in [0.2, 0.25) is 0 Å². The highest BCUT2D eigenvalue weighted by atomic mass is 32.2. The van der Waals surface area contributed by atoms with E-state index in [9.17, 15) is 18.3 Å². The number of aliphatic hydroxyl groups excluding tert-OH is 1. The maximum atomic E-state index is 12.2. The van der Waals surface area contributed by atoms with E-state index in [1.165, 1.54) is 10.8 Å². The number of sulfonamides is 1. The lowest BCUT2D eigenvalue weighted by atomic mass is 10.0. The van der Waals surface area contributed by atoms with Crippen molar-refractivity contribution in [1.82, 2.24) is 9.29 Å². The molecule has 0 spiro atoms. The van der Waals surface area contributed by atoms with Crippen molar-refractivity contribution in [3.8, 4) is 0 Å². The van der Waals surface area contributed by atoms with Crippen molar-refractivity contribution in [2.24, 2.45) is 0 Å². The molecule has 0 radical (unpaired) electrons. The third-order valence-corrected chi connectivity index (χ3v) is 4.86.